The largest absolute Gasteiger partial charge is 0.483 e. The van der Waals surface area contributed by atoms with Crippen LogP contribution in [0.15, 0.2) is 96.1 Å². The van der Waals surface area contributed by atoms with Crippen molar-refractivity contribution in [2.75, 3.05) is 6.61 Å². The average molecular weight is 515 g/mol. The number of halogens is 1. The molecule has 0 spiro atoms. The normalized spacial score (nSPS) is 11.1. The summed E-state index contributed by atoms with van der Waals surface area (Å²) in [6.07, 6.45) is 1.46. The Labute approximate surface area is 215 Å². The molecule has 0 saturated carbocycles. The highest BCUT2D eigenvalue weighted by Crippen LogP contribution is 2.35. The van der Waals surface area contributed by atoms with Gasteiger partial charge >= 0.3 is 5.97 Å². The van der Waals surface area contributed by atoms with Crippen molar-refractivity contribution in [3.63, 3.8) is 0 Å². The fourth-order valence-corrected chi connectivity index (χ4v) is 5.02. The lowest BCUT2D eigenvalue weighted by atomic mass is 10.1. The second kappa shape index (κ2) is 10.6. The topological polar surface area (TPSA) is 77.0 Å². The summed E-state index contributed by atoms with van der Waals surface area (Å²) in [4.78, 5) is 25.2. The second-order valence-corrected chi connectivity index (χ2v) is 9.19. The molecule has 1 amide bonds. The molecular formula is C28H19ClN2O4S. The number of nitrogens with one attached hydrogen (secondary N) is 1. The zero-order valence-electron chi connectivity index (χ0n) is 18.8. The van der Waals surface area contributed by atoms with Gasteiger partial charge in [0.25, 0.3) is 5.91 Å². The summed E-state index contributed by atoms with van der Waals surface area (Å²) in [5.41, 5.74) is 3.08. The number of ether oxygens (including phenoxy) is 2. The minimum atomic E-state index is -0.533. The molecule has 5 aromatic rings. The van der Waals surface area contributed by atoms with E-state index in [2.05, 4.69) is 10.5 Å². The Balaban J connectivity index is 1.18. The smallest absolute Gasteiger partial charge is 0.355 e. The third-order valence-corrected chi connectivity index (χ3v) is 6.96. The number of amides is 1. The molecule has 0 aliphatic rings. The number of hydrogen-bond acceptors (Lipinski definition) is 6. The van der Waals surface area contributed by atoms with E-state index >= 15 is 0 Å². The fraction of sp³-hybridized carbons (Fsp3) is 0.0357. The zero-order chi connectivity index (χ0) is 24.9. The first-order valence-corrected chi connectivity index (χ1v) is 12.2. The Hall–Kier alpha value is -4.20. The molecule has 0 saturated heterocycles. The molecule has 6 nitrogen and oxygen atoms in total. The van der Waals surface area contributed by atoms with Gasteiger partial charge in [-0.3, -0.25) is 4.79 Å². The Kier molecular flexibility index (Phi) is 6.93. The maximum atomic E-state index is 12.7. The molecule has 1 N–H and O–H groups in total. The van der Waals surface area contributed by atoms with Gasteiger partial charge in [0.15, 0.2) is 6.61 Å². The molecule has 178 valence electrons. The number of benzene rings is 4. The molecule has 0 aliphatic heterocycles. The van der Waals surface area contributed by atoms with E-state index in [1.165, 1.54) is 17.6 Å². The van der Waals surface area contributed by atoms with Crippen molar-refractivity contribution >= 4 is 61.9 Å². The van der Waals surface area contributed by atoms with Gasteiger partial charge in [-0.1, -0.05) is 78.3 Å². The predicted molar refractivity (Wildman–Crippen MR) is 143 cm³/mol. The van der Waals surface area contributed by atoms with E-state index in [9.17, 15) is 9.59 Å². The molecule has 1 heterocycles. The number of esters is 1. The van der Waals surface area contributed by atoms with Crippen molar-refractivity contribution in [1.82, 2.24) is 5.43 Å². The van der Waals surface area contributed by atoms with E-state index in [-0.39, 0.29) is 6.61 Å². The van der Waals surface area contributed by atoms with Gasteiger partial charge < -0.3 is 9.47 Å². The molecule has 0 aliphatic carbocycles. The van der Waals surface area contributed by atoms with E-state index < -0.39 is 11.9 Å². The Morgan fingerprint density at radius 3 is 2.53 bits per heavy atom. The van der Waals surface area contributed by atoms with Crippen LogP contribution in [-0.2, 0) is 4.79 Å². The lowest BCUT2D eigenvalue weighted by molar-refractivity contribution is -0.123. The Morgan fingerprint density at radius 2 is 1.67 bits per heavy atom. The van der Waals surface area contributed by atoms with Crippen molar-refractivity contribution in [1.29, 1.82) is 0 Å². The van der Waals surface area contributed by atoms with E-state index in [1.807, 2.05) is 66.7 Å². The quantitative estimate of drug-likeness (QED) is 0.117. The van der Waals surface area contributed by atoms with Crippen LogP contribution < -0.4 is 14.9 Å². The van der Waals surface area contributed by atoms with Crippen LogP contribution >= 0.6 is 22.9 Å². The van der Waals surface area contributed by atoms with Crippen LogP contribution in [0.1, 0.15) is 15.2 Å². The molecule has 0 unspecified atom stereocenters. The van der Waals surface area contributed by atoms with E-state index in [4.69, 9.17) is 21.1 Å². The van der Waals surface area contributed by atoms with Crippen molar-refractivity contribution in [2.45, 2.75) is 0 Å². The SMILES string of the molecule is O=C(COc1cccc2ccccc12)NN=Cc1cccc(OC(=O)c2sc3ccccc3c2Cl)c1. The number of nitrogens with zero attached hydrogens (tertiary/aromatic N) is 1. The van der Waals surface area contributed by atoms with E-state index in [0.29, 0.717) is 27.0 Å². The number of rotatable bonds is 7. The van der Waals surface area contributed by atoms with E-state index in [1.54, 1.807) is 24.3 Å². The van der Waals surface area contributed by atoms with Crippen molar-refractivity contribution < 1.29 is 19.1 Å². The van der Waals surface area contributed by atoms with Gasteiger partial charge in [-0.25, -0.2) is 10.2 Å². The molecule has 0 fully saturated rings. The summed E-state index contributed by atoms with van der Waals surface area (Å²) in [6.45, 7) is -0.182. The molecule has 0 radical (unpaired) electrons. The molecular weight excluding hydrogens is 496 g/mol. The third-order valence-electron chi connectivity index (χ3n) is 5.30. The maximum absolute atomic E-state index is 12.7. The standard InChI is InChI=1S/C28H19ClN2O4S/c29-26-22-12-3-4-14-24(22)36-27(26)28(33)35-20-10-5-7-18(15-20)16-30-31-25(32)17-34-23-13-6-9-19-8-1-2-11-21(19)23/h1-16H,17H2,(H,31,32). The number of fused-ring (bicyclic) bond motifs is 2. The van der Waals surface area contributed by atoms with Gasteiger partial charge in [0.05, 0.1) is 11.2 Å². The summed E-state index contributed by atoms with van der Waals surface area (Å²) in [5.74, 6) is 0.0268. The predicted octanol–water partition coefficient (Wildman–Crippen LogP) is 6.46. The molecule has 0 bridgehead atoms. The first kappa shape index (κ1) is 23.5. The molecule has 36 heavy (non-hydrogen) atoms. The van der Waals surface area contributed by atoms with Gasteiger partial charge in [-0.05, 0) is 35.2 Å². The molecule has 4 aromatic carbocycles. The fourth-order valence-electron chi connectivity index (χ4n) is 3.63. The summed E-state index contributed by atoms with van der Waals surface area (Å²) in [7, 11) is 0. The van der Waals surface area contributed by atoms with Gasteiger partial charge in [-0.15, -0.1) is 11.3 Å². The third kappa shape index (κ3) is 5.22. The number of hydrogen-bond donors (Lipinski definition) is 1. The van der Waals surface area contributed by atoms with Crippen LogP contribution in [0.2, 0.25) is 5.02 Å². The highest BCUT2D eigenvalue weighted by molar-refractivity contribution is 7.21. The molecule has 5 rings (SSSR count). The monoisotopic (exact) mass is 514 g/mol. The van der Waals surface area contributed by atoms with Crippen molar-refractivity contribution in [2.24, 2.45) is 5.10 Å². The van der Waals surface area contributed by atoms with E-state index in [0.717, 1.165) is 20.9 Å². The van der Waals surface area contributed by atoms with Gasteiger partial charge in [-0.2, -0.15) is 5.10 Å². The Morgan fingerprint density at radius 1 is 0.917 bits per heavy atom. The maximum Gasteiger partial charge on any atom is 0.355 e. The first-order chi connectivity index (χ1) is 17.6. The molecule has 0 atom stereocenters. The van der Waals surface area contributed by atoms with Crippen LogP contribution in [0.4, 0.5) is 0 Å². The molecule has 8 heteroatoms. The summed E-state index contributed by atoms with van der Waals surface area (Å²) in [6, 6.07) is 27.8. The summed E-state index contributed by atoms with van der Waals surface area (Å²) >= 11 is 7.66. The minimum Gasteiger partial charge on any atom is -0.483 e. The zero-order valence-corrected chi connectivity index (χ0v) is 20.4. The highest BCUT2D eigenvalue weighted by atomic mass is 35.5. The Bertz CT molecular complexity index is 1610. The van der Waals surface area contributed by atoms with Crippen LogP contribution in [0.3, 0.4) is 0 Å². The van der Waals surface area contributed by atoms with Crippen LogP contribution in [0.25, 0.3) is 20.9 Å². The molecule has 1 aromatic heterocycles. The van der Waals surface area contributed by atoms with Gasteiger partial charge in [0.2, 0.25) is 0 Å². The van der Waals surface area contributed by atoms with Gasteiger partial charge in [0.1, 0.15) is 16.4 Å². The minimum absolute atomic E-state index is 0.182. The van der Waals surface area contributed by atoms with Crippen molar-refractivity contribution in [3.8, 4) is 11.5 Å². The average Bonchev–Trinajstić information content (AvgIpc) is 3.24. The summed E-state index contributed by atoms with van der Waals surface area (Å²) < 4.78 is 12.1. The summed E-state index contributed by atoms with van der Waals surface area (Å²) in [5, 5.41) is 7.13. The van der Waals surface area contributed by atoms with Crippen LogP contribution in [-0.4, -0.2) is 24.7 Å². The number of hydrazone groups is 1. The number of carbonyl (C=O) groups excluding carboxylic acids is 2. The van der Waals surface area contributed by atoms with Crippen LogP contribution in [0.5, 0.6) is 11.5 Å². The van der Waals surface area contributed by atoms with Crippen molar-refractivity contribution in [3.05, 3.63) is 106 Å². The number of thiophene rings is 1. The second-order valence-electron chi connectivity index (χ2n) is 7.76. The lowest BCUT2D eigenvalue weighted by Gasteiger charge is -2.08. The lowest BCUT2D eigenvalue weighted by Crippen LogP contribution is -2.24. The van der Waals surface area contributed by atoms with Gasteiger partial charge in [0, 0.05) is 15.5 Å². The first-order valence-electron chi connectivity index (χ1n) is 11.0. The number of carbonyl (C=O) groups is 2. The van der Waals surface area contributed by atoms with Crippen LogP contribution in [0, 0.1) is 0 Å². The highest BCUT2D eigenvalue weighted by Gasteiger charge is 2.19.